The highest BCUT2D eigenvalue weighted by Crippen LogP contribution is 2.14. The Morgan fingerprint density at radius 2 is 2.15 bits per heavy atom. The van der Waals surface area contributed by atoms with E-state index in [0.717, 1.165) is 5.57 Å². The maximum atomic E-state index is 11.9. The number of rotatable bonds is 7. The predicted molar refractivity (Wildman–Crippen MR) is 75.9 cm³/mol. The summed E-state index contributed by atoms with van der Waals surface area (Å²) >= 11 is 0. The van der Waals surface area contributed by atoms with Gasteiger partial charge in [-0.1, -0.05) is 12.6 Å². The number of hydrogen-bond donors (Lipinski definition) is 2. The fourth-order valence-corrected chi connectivity index (χ4v) is 1.55. The number of amides is 1. The highest BCUT2D eigenvalue weighted by atomic mass is 16.5. The van der Waals surface area contributed by atoms with Gasteiger partial charge in [-0.25, -0.2) is 0 Å². The molecule has 0 bridgehead atoms. The van der Waals surface area contributed by atoms with Gasteiger partial charge in [0.2, 0.25) is 0 Å². The van der Waals surface area contributed by atoms with E-state index in [1.54, 1.807) is 31.2 Å². The predicted octanol–water partition coefficient (Wildman–Crippen LogP) is 2.23. The molecule has 1 amide bonds. The first kappa shape index (κ1) is 15.8. The molecule has 1 atom stereocenters. The van der Waals surface area contributed by atoms with Crippen LogP contribution in [0.5, 0.6) is 5.75 Å². The van der Waals surface area contributed by atoms with Crippen molar-refractivity contribution in [2.45, 2.75) is 26.3 Å². The molecular weight excluding hydrogens is 258 g/mol. The van der Waals surface area contributed by atoms with Crippen LogP contribution in [0.1, 0.15) is 30.6 Å². The minimum absolute atomic E-state index is 0.114. The van der Waals surface area contributed by atoms with Crippen molar-refractivity contribution in [2.75, 3.05) is 6.61 Å². The smallest absolute Gasteiger partial charge is 0.305 e. The number of carbonyl (C=O) groups excluding carboxylic acids is 1. The van der Waals surface area contributed by atoms with Gasteiger partial charge in [0.1, 0.15) is 12.4 Å². The lowest BCUT2D eigenvalue weighted by Gasteiger charge is -2.12. The maximum absolute atomic E-state index is 11.9. The van der Waals surface area contributed by atoms with Crippen LogP contribution in [0.3, 0.4) is 0 Å². The molecule has 1 rings (SSSR count). The Morgan fingerprint density at radius 1 is 1.45 bits per heavy atom. The van der Waals surface area contributed by atoms with E-state index in [1.807, 2.05) is 6.92 Å². The molecule has 20 heavy (non-hydrogen) atoms. The van der Waals surface area contributed by atoms with E-state index in [-0.39, 0.29) is 12.3 Å². The Bertz CT molecular complexity index is 510. The average molecular weight is 277 g/mol. The molecule has 5 nitrogen and oxygen atoms in total. The highest BCUT2D eigenvalue weighted by molar-refractivity contribution is 5.94. The van der Waals surface area contributed by atoms with Crippen LogP contribution < -0.4 is 10.1 Å². The third kappa shape index (κ3) is 5.56. The normalized spacial score (nSPS) is 11.5. The zero-order valence-electron chi connectivity index (χ0n) is 11.7. The molecule has 5 heteroatoms. The number of aliphatic carboxylic acids is 1. The zero-order valence-corrected chi connectivity index (χ0v) is 11.7. The van der Waals surface area contributed by atoms with Gasteiger partial charge in [-0.2, -0.15) is 0 Å². The van der Waals surface area contributed by atoms with Gasteiger partial charge in [0.05, 0.1) is 6.42 Å². The van der Waals surface area contributed by atoms with E-state index < -0.39 is 12.0 Å². The molecule has 1 aromatic carbocycles. The van der Waals surface area contributed by atoms with Gasteiger partial charge in [0.25, 0.3) is 5.91 Å². The third-order valence-electron chi connectivity index (χ3n) is 2.44. The molecule has 0 aliphatic carbocycles. The molecule has 0 aliphatic rings. The Labute approximate surface area is 118 Å². The summed E-state index contributed by atoms with van der Waals surface area (Å²) in [6, 6.07) is 6.30. The van der Waals surface area contributed by atoms with Crippen molar-refractivity contribution >= 4 is 11.9 Å². The lowest BCUT2D eigenvalue weighted by atomic mass is 10.1. The van der Waals surface area contributed by atoms with E-state index in [2.05, 4.69) is 11.9 Å². The number of nitrogens with one attached hydrogen (secondary N) is 1. The number of carboxylic acids is 1. The van der Waals surface area contributed by atoms with Gasteiger partial charge < -0.3 is 15.2 Å². The fourth-order valence-electron chi connectivity index (χ4n) is 1.55. The molecule has 0 saturated heterocycles. The maximum Gasteiger partial charge on any atom is 0.305 e. The summed E-state index contributed by atoms with van der Waals surface area (Å²) in [5.41, 5.74) is 1.32. The second-order valence-electron chi connectivity index (χ2n) is 4.75. The molecule has 1 unspecified atom stereocenters. The molecule has 108 valence electrons. The van der Waals surface area contributed by atoms with Crippen LogP contribution in [-0.4, -0.2) is 29.6 Å². The van der Waals surface area contributed by atoms with E-state index in [4.69, 9.17) is 9.84 Å². The first-order chi connectivity index (χ1) is 9.38. The lowest BCUT2D eigenvalue weighted by Crippen LogP contribution is -2.34. The topological polar surface area (TPSA) is 75.6 Å². The van der Waals surface area contributed by atoms with Crippen molar-refractivity contribution in [2.24, 2.45) is 0 Å². The fraction of sp³-hybridized carbons (Fsp3) is 0.333. The zero-order chi connectivity index (χ0) is 15.1. The van der Waals surface area contributed by atoms with Gasteiger partial charge in [-0.05, 0) is 37.6 Å². The summed E-state index contributed by atoms with van der Waals surface area (Å²) in [7, 11) is 0. The highest BCUT2D eigenvalue weighted by Gasteiger charge is 2.13. The van der Waals surface area contributed by atoms with Crippen molar-refractivity contribution in [3.63, 3.8) is 0 Å². The van der Waals surface area contributed by atoms with E-state index in [9.17, 15) is 9.59 Å². The van der Waals surface area contributed by atoms with E-state index in [1.165, 1.54) is 0 Å². The molecule has 0 aliphatic heterocycles. The third-order valence-corrected chi connectivity index (χ3v) is 2.44. The van der Waals surface area contributed by atoms with Crippen molar-refractivity contribution in [3.05, 3.63) is 42.0 Å². The summed E-state index contributed by atoms with van der Waals surface area (Å²) in [4.78, 5) is 22.5. The van der Waals surface area contributed by atoms with Crippen LogP contribution in [0.2, 0.25) is 0 Å². The van der Waals surface area contributed by atoms with E-state index in [0.29, 0.717) is 17.9 Å². The monoisotopic (exact) mass is 277 g/mol. The standard InChI is InChI=1S/C15H19NO4/c1-10(2)9-20-13-6-4-5-12(8-13)15(19)16-11(3)7-14(17)18/h4-6,8,11H,1,7,9H2,2-3H3,(H,16,19)(H,17,18). The minimum Gasteiger partial charge on any atom is -0.489 e. The first-order valence-corrected chi connectivity index (χ1v) is 6.28. The van der Waals surface area contributed by atoms with Gasteiger partial charge >= 0.3 is 5.97 Å². The van der Waals surface area contributed by atoms with Crippen molar-refractivity contribution < 1.29 is 19.4 Å². The summed E-state index contributed by atoms with van der Waals surface area (Å²) in [6.07, 6.45) is -0.114. The molecule has 0 radical (unpaired) electrons. The number of benzene rings is 1. The van der Waals surface area contributed by atoms with Crippen molar-refractivity contribution in [1.29, 1.82) is 0 Å². The van der Waals surface area contributed by atoms with Crippen molar-refractivity contribution in [1.82, 2.24) is 5.32 Å². The number of hydrogen-bond acceptors (Lipinski definition) is 3. The van der Waals surface area contributed by atoms with Crippen LogP contribution in [0.15, 0.2) is 36.4 Å². The molecule has 2 N–H and O–H groups in total. The molecule has 0 aromatic heterocycles. The van der Waals surface area contributed by atoms with Gasteiger partial charge in [0.15, 0.2) is 0 Å². The largest absolute Gasteiger partial charge is 0.489 e. The second kappa shape index (κ2) is 7.33. The molecule has 0 saturated carbocycles. The Kier molecular flexibility index (Phi) is 5.77. The number of ether oxygens (including phenoxy) is 1. The van der Waals surface area contributed by atoms with Crippen LogP contribution in [0.4, 0.5) is 0 Å². The summed E-state index contributed by atoms with van der Waals surface area (Å²) in [5.74, 6) is -0.692. The van der Waals surface area contributed by atoms with Crippen LogP contribution >= 0.6 is 0 Å². The Hall–Kier alpha value is -2.30. The lowest BCUT2D eigenvalue weighted by molar-refractivity contribution is -0.137. The van der Waals surface area contributed by atoms with Crippen LogP contribution in [0, 0.1) is 0 Å². The Morgan fingerprint density at radius 3 is 2.75 bits per heavy atom. The Balaban J connectivity index is 2.66. The van der Waals surface area contributed by atoms with Gasteiger partial charge in [-0.15, -0.1) is 0 Å². The molecule has 0 heterocycles. The summed E-state index contributed by atoms with van der Waals surface area (Å²) in [6.45, 7) is 7.62. The first-order valence-electron chi connectivity index (χ1n) is 6.28. The van der Waals surface area contributed by atoms with E-state index >= 15 is 0 Å². The second-order valence-corrected chi connectivity index (χ2v) is 4.75. The summed E-state index contributed by atoms with van der Waals surface area (Å²) in [5, 5.41) is 11.3. The van der Waals surface area contributed by atoms with Crippen LogP contribution in [0.25, 0.3) is 0 Å². The summed E-state index contributed by atoms with van der Waals surface area (Å²) < 4.78 is 5.45. The van der Waals surface area contributed by atoms with Crippen molar-refractivity contribution in [3.8, 4) is 5.75 Å². The molecule has 0 spiro atoms. The SMILES string of the molecule is C=C(C)COc1cccc(C(=O)NC(C)CC(=O)O)c1. The molecule has 0 fully saturated rings. The average Bonchev–Trinajstić information content (AvgIpc) is 2.35. The number of carbonyl (C=O) groups is 2. The number of carboxylic acid groups (broad SMARTS) is 1. The minimum atomic E-state index is -0.948. The van der Waals surface area contributed by atoms with Crippen LogP contribution in [-0.2, 0) is 4.79 Å². The molecule has 1 aromatic rings. The van der Waals surface area contributed by atoms with Gasteiger partial charge in [-0.3, -0.25) is 9.59 Å². The van der Waals surface area contributed by atoms with Gasteiger partial charge in [0, 0.05) is 11.6 Å². The molecular formula is C15H19NO4. The quantitative estimate of drug-likeness (QED) is 0.749.